The van der Waals surface area contributed by atoms with Crippen LogP contribution in [0.4, 0.5) is 0 Å². The van der Waals surface area contributed by atoms with Crippen molar-refractivity contribution >= 4 is 41.6 Å². The maximum Gasteiger partial charge on any atom is 0.355 e. The van der Waals surface area contributed by atoms with Gasteiger partial charge in [0.2, 0.25) is 9.05 Å². The van der Waals surface area contributed by atoms with Gasteiger partial charge in [0.05, 0.1) is 17.3 Å². The number of methoxy groups -OCH3 is 1. The van der Waals surface area contributed by atoms with E-state index >= 15 is 0 Å². The minimum atomic E-state index is -3.65. The van der Waals surface area contributed by atoms with Crippen molar-refractivity contribution in [1.29, 1.82) is 0 Å². The molecule has 0 saturated carbocycles. The topological polar surface area (TPSA) is 76.2 Å². The highest BCUT2D eigenvalue weighted by molar-refractivity contribution is 9.10. The molecular weight excluding hydrogens is 310 g/mol. The maximum absolute atomic E-state index is 11.1. The van der Waals surface area contributed by atoms with Crippen LogP contribution in [0.1, 0.15) is 16.1 Å². The summed E-state index contributed by atoms with van der Waals surface area (Å²) in [6, 6.07) is 0. The zero-order valence-corrected chi connectivity index (χ0v) is 10.7. The van der Waals surface area contributed by atoms with E-state index in [1.807, 2.05) is 0 Å². The molecule has 0 aliphatic rings. The van der Waals surface area contributed by atoms with E-state index in [4.69, 9.17) is 10.7 Å². The number of ether oxygens (including phenoxy) is 1. The summed E-state index contributed by atoms with van der Waals surface area (Å²) in [5.41, 5.74) is 0.540. The van der Waals surface area contributed by atoms with Gasteiger partial charge < -0.3 is 9.72 Å². The predicted octanol–water partition coefficient (Wildman–Crippen LogP) is 1.63. The first-order chi connectivity index (χ1) is 6.85. The second-order valence-electron chi connectivity index (χ2n) is 2.68. The quantitative estimate of drug-likeness (QED) is 0.679. The molecule has 0 aliphatic carbocycles. The number of hydrogen-bond donors (Lipinski definition) is 1. The molecule has 5 nitrogen and oxygen atoms in total. The average Bonchev–Trinajstić information content (AvgIpc) is 2.45. The molecule has 0 bridgehead atoms. The summed E-state index contributed by atoms with van der Waals surface area (Å²) < 4.78 is 26.5. The lowest BCUT2D eigenvalue weighted by Crippen LogP contribution is -2.02. The smallest absolute Gasteiger partial charge is 0.355 e. The van der Waals surface area contributed by atoms with Gasteiger partial charge in [0, 0.05) is 22.4 Å². The van der Waals surface area contributed by atoms with Crippen LogP contribution < -0.4 is 0 Å². The van der Waals surface area contributed by atoms with Crippen LogP contribution >= 0.6 is 26.6 Å². The molecule has 0 atom stereocenters. The molecule has 0 radical (unpaired) electrons. The first kappa shape index (κ1) is 12.5. The van der Waals surface area contributed by atoms with Crippen molar-refractivity contribution in [1.82, 2.24) is 4.98 Å². The molecular formula is C7H7BrClNO4S. The largest absolute Gasteiger partial charge is 0.464 e. The van der Waals surface area contributed by atoms with E-state index < -0.39 is 15.0 Å². The highest BCUT2D eigenvalue weighted by atomic mass is 79.9. The molecule has 1 rings (SSSR count). The Hall–Kier alpha value is -0.530. The van der Waals surface area contributed by atoms with Crippen molar-refractivity contribution in [3.63, 3.8) is 0 Å². The molecule has 0 aromatic carbocycles. The summed E-state index contributed by atoms with van der Waals surface area (Å²) >= 11 is 3.09. The van der Waals surface area contributed by atoms with Gasteiger partial charge in [-0.25, -0.2) is 13.2 Å². The molecule has 8 heteroatoms. The Morgan fingerprint density at radius 1 is 1.67 bits per heavy atom. The van der Waals surface area contributed by atoms with Crippen molar-refractivity contribution in [3.05, 3.63) is 21.9 Å². The second-order valence-corrected chi connectivity index (χ2v) is 6.25. The van der Waals surface area contributed by atoms with E-state index in [2.05, 4.69) is 25.7 Å². The lowest BCUT2D eigenvalue weighted by atomic mass is 10.3. The Kier molecular flexibility index (Phi) is 3.80. The van der Waals surface area contributed by atoms with Gasteiger partial charge >= 0.3 is 5.97 Å². The van der Waals surface area contributed by atoms with Crippen LogP contribution in [0, 0.1) is 0 Å². The number of aromatic nitrogens is 1. The Bertz CT molecular complexity index is 481. The fourth-order valence-corrected chi connectivity index (χ4v) is 2.66. The van der Waals surface area contributed by atoms with Gasteiger partial charge in [0.15, 0.2) is 0 Å². The van der Waals surface area contributed by atoms with Crippen LogP contribution in [0.2, 0.25) is 0 Å². The number of rotatable bonds is 3. The number of carbonyl (C=O) groups is 1. The van der Waals surface area contributed by atoms with Crippen LogP contribution in [0.15, 0.2) is 10.7 Å². The van der Waals surface area contributed by atoms with Gasteiger partial charge in [-0.3, -0.25) is 0 Å². The molecule has 1 N–H and O–H groups in total. The lowest BCUT2D eigenvalue weighted by molar-refractivity contribution is 0.0593. The second kappa shape index (κ2) is 4.54. The third-order valence-electron chi connectivity index (χ3n) is 1.61. The lowest BCUT2D eigenvalue weighted by Gasteiger charge is -1.97. The van der Waals surface area contributed by atoms with Crippen molar-refractivity contribution < 1.29 is 17.9 Å². The molecule has 0 spiro atoms. The summed E-state index contributed by atoms with van der Waals surface area (Å²) in [5, 5.41) is 0. The number of esters is 1. The Morgan fingerprint density at radius 2 is 2.27 bits per heavy atom. The molecule has 15 heavy (non-hydrogen) atoms. The molecule has 0 aliphatic heterocycles. The number of aromatic amines is 1. The van der Waals surface area contributed by atoms with Crippen LogP contribution in [0.5, 0.6) is 0 Å². The molecule has 1 heterocycles. The van der Waals surface area contributed by atoms with Crippen LogP contribution in [-0.2, 0) is 19.5 Å². The predicted molar refractivity (Wildman–Crippen MR) is 58.3 cm³/mol. The first-order valence-corrected chi connectivity index (χ1v) is 6.98. The van der Waals surface area contributed by atoms with Crippen molar-refractivity contribution in [3.8, 4) is 0 Å². The van der Waals surface area contributed by atoms with Gasteiger partial charge in [-0.2, -0.15) is 0 Å². The maximum atomic E-state index is 11.1. The third-order valence-corrected chi connectivity index (χ3v) is 3.50. The summed E-state index contributed by atoms with van der Waals surface area (Å²) in [6.45, 7) is 0. The zero-order valence-electron chi connectivity index (χ0n) is 7.58. The average molecular weight is 317 g/mol. The van der Waals surface area contributed by atoms with E-state index in [0.29, 0.717) is 10.0 Å². The molecule has 0 saturated heterocycles. The van der Waals surface area contributed by atoms with Gasteiger partial charge in [-0.15, -0.1) is 0 Å². The highest BCUT2D eigenvalue weighted by Gasteiger charge is 2.19. The van der Waals surface area contributed by atoms with Gasteiger partial charge in [0.25, 0.3) is 0 Å². The third kappa shape index (κ3) is 3.22. The van der Waals surface area contributed by atoms with Crippen molar-refractivity contribution in [2.45, 2.75) is 5.75 Å². The summed E-state index contributed by atoms with van der Waals surface area (Å²) in [4.78, 5) is 13.8. The van der Waals surface area contributed by atoms with Crippen LogP contribution in [0.3, 0.4) is 0 Å². The fourth-order valence-electron chi connectivity index (χ4n) is 0.988. The standard InChI is InChI=1S/C7H7BrClNO4S/c1-14-7(11)6-5(8)4(2-10-6)3-15(9,12)13/h2,10H,3H2,1H3. The SMILES string of the molecule is COC(=O)c1[nH]cc(CS(=O)(=O)Cl)c1Br. The first-order valence-electron chi connectivity index (χ1n) is 3.71. The van der Waals surface area contributed by atoms with Crippen LogP contribution in [0.25, 0.3) is 0 Å². The summed E-state index contributed by atoms with van der Waals surface area (Å²) in [6.07, 6.45) is 1.39. The van der Waals surface area contributed by atoms with Crippen LogP contribution in [-0.4, -0.2) is 26.5 Å². The van der Waals surface area contributed by atoms with E-state index in [1.165, 1.54) is 13.3 Å². The van der Waals surface area contributed by atoms with Gasteiger partial charge in [0.1, 0.15) is 5.69 Å². The number of carbonyl (C=O) groups excluding carboxylic acids is 1. The number of hydrogen-bond acceptors (Lipinski definition) is 4. The van der Waals surface area contributed by atoms with Gasteiger partial charge in [-0.05, 0) is 15.9 Å². The van der Waals surface area contributed by atoms with E-state index in [-0.39, 0.29) is 11.4 Å². The molecule has 1 aromatic rings. The molecule has 0 amide bonds. The normalized spacial score (nSPS) is 11.4. The number of H-pyrrole nitrogens is 1. The number of halogens is 2. The van der Waals surface area contributed by atoms with Crippen molar-refractivity contribution in [2.75, 3.05) is 7.11 Å². The molecule has 0 unspecified atom stereocenters. The Labute approximate surface area is 99.3 Å². The number of nitrogens with one attached hydrogen (secondary N) is 1. The minimum absolute atomic E-state index is 0.160. The minimum Gasteiger partial charge on any atom is -0.464 e. The molecule has 84 valence electrons. The monoisotopic (exact) mass is 315 g/mol. The Balaban J connectivity index is 3.05. The van der Waals surface area contributed by atoms with Gasteiger partial charge in [-0.1, -0.05) is 0 Å². The highest BCUT2D eigenvalue weighted by Crippen LogP contribution is 2.24. The van der Waals surface area contributed by atoms with E-state index in [1.54, 1.807) is 0 Å². The van der Waals surface area contributed by atoms with E-state index in [9.17, 15) is 13.2 Å². The Morgan fingerprint density at radius 3 is 2.73 bits per heavy atom. The summed E-state index contributed by atoms with van der Waals surface area (Å²) in [5.74, 6) is -0.942. The summed E-state index contributed by atoms with van der Waals surface area (Å²) in [7, 11) is 2.66. The fraction of sp³-hybridized carbons (Fsp3) is 0.286. The zero-order chi connectivity index (χ0) is 11.6. The van der Waals surface area contributed by atoms with E-state index in [0.717, 1.165) is 0 Å². The molecule has 0 fully saturated rings. The van der Waals surface area contributed by atoms with Crippen molar-refractivity contribution in [2.24, 2.45) is 0 Å². The molecule has 1 aromatic heterocycles.